The van der Waals surface area contributed by atoms with Crippen molar-refractivity contribution in [2.45, 2.75) is 6.92 Å². The fraction of sp³-hybridized carbons (Fsp3) is 0.222. The fourth-order valence-corrected chi connectivity index (χ4v) is 0.974. The first-order valence-electron chi connectivity index (χ1n) is 3.91. The van der Waals surface area contributed by atoms with Crippen molar-refractivity contribution in [1.82, 2.24) is 0 Å². The van der Waals surface area contributed by atoms with Crippen LogP contribution in [0.1, 0.15) is 5.56 Å². The number of benzene rings is 1. The standard InChI is InChI=1S/C9H12N2O2.ClH/c1-6-2-3-7(8(12)4-6)11-5-9(10)13;/h2-4,11-12H,5H2,1H3,(H2,10,13);1H. The number of hydrogen-bond donors (Lipinski definition) is 3. The zero-order valence-corrected chi connectivity index (χ0v) is 8.60. The molecule has 0 aromatic heterocycles. The van der Waals surface area contributed by atoms with Gasteiger partial charge in [-0.2, -0.15) is 0 Å². The zero-order valence-electron chi connectivity index (χ0n) is 7.78. The van der Waals surface area contributed by atoms with Gasteiger partial charge in [-0.25, -0.2) is 0 Å². The average molecular weight is 217 g/mol. The quantitative estimate of drug-likeness (QED) is 0.661. The van der Waals surface area contributed by atoms with Crippen LogP contribution in [0, 0.1) is 6.92 Å². The van der Waals surface area contributed by atoms with Gasteiger partial charge in [-0.3, -0.25) is 4.79 Å². The second-order valence-corrected chi connectivity index (χ2v) is 2.84. The van der Waals surface area contributed by atoms with Gasteiger partial charge in [-0.1, -0.05) is 6.07 Å². The van der Waals surface area contributed by atoms with E-state index in [-0.39, 0.29) is 24.7 Å². The fourth-order valence-electron chi connectivity index (χ4n) is 0.974. The number of nitrogens with one attached hydrogen (secondary N) is 1. The van der Waals surface area contributed by atoms with Crippen LogP contribution in [0.3, 0.4) is 0 Å². The number of phenolic OH excluding ortho intramolecular Hbond substituents is 1. The lowest BCUT2D eigenvalue weighted by molar-refractivity contribution is -0.116. The Kier molecular flexibility index (Phi) is 4.80. The third kappa shape index (κ3) is 3.53. The Morgan fingerprint density at radius 3 is 2.71 bits per heavy atom. The van der Waals surface area contributed by atoms with Crippen molar-refractivity contribution >= 4 is 24.0 Å². The molecule has 1 amide bonds. The molecule has 0 fully saturated rings. The zero-order chi connectivity index (χ0) is 9.84. The molecule has 0 atom stereocenters. The molecule has 0 saturated carbocycles. The summed E-state index contributed by atoms with van der Waals surface area (Å²) in [5.41, 5.74) is 6.42. The van der Waals surface area contributed by atoms with Crippen molar-refractivity contribution in [3.63, 3.8) is 0 Å². The van der Waals surface area contributed by atoms with Gasteiger partial charge in [0.1, 0.15) is 5.75 Å². The van der Waals surface area contributed by atoms with E-state index in [9.17, 15) is 9.90 Å². The van der Waals surface area contributed by atoms with Crippen LogP contribution in [-0.2, 0) is 4.79 Å². The Balaban J connectivity index is 0.00000169. The number of carbonyl (C=O) groups is 1. The molecule has 5 heteroatoms. The monoisotopic (exact) mass is 216 g/mol. The molecule has 4 nitrogen and oxygen atoms in total. The van der Waals surface area contributed by atoms with Crippen LogP contribution in [0.4, 0.5) is 5.69 Å². The topological polar surface area (TPSA) is 75.3 Å². The highest BCUT2D eigenvalue weighted by atomic mass is 35.5. The third-order valence-corrected chi connectivity index (χ3v) is 1.61. The van der Waals surface area contributed by atoms with E-state index in [2.05, 4.69) is 5.32 Å². The minimum absolute atomic E-state index is 0. The van der Waals surface area contributed by atoms with Gasteiger partial charge in [0.2, 0.25) is 5.91 Å². The number of anilines is 1. The molecule has 0 saturated heterocycles. The van der Waals surface area contributed by atoms with Crippen LogP contribution in [0.15, 0.2) is 18.2 Å². The summed E-state index contributed by atoms with van der Waals surface area (Å²) in [5, 5.41) is 12.1. The van der Waals surface area contributed by atoms with Gasteiger partial charge in [-0.05, 0) is 24.6 Å². The van der Waals surface area contributed by atoms with Gasteiger partial charge < -0.3 is 16.2 Å². The summed E-state index contributed by atoms with van der Waals surface area (Å²) in [6.45, 7) is 1.90. The smallest absolute Gasteiger partial charge is 0.236 e. The normalized spacial score (nSPS) is 8.93. The second kappa shape index (κ2) is 5.34. The number of halogens is 1. The maximum Gasteiger partial charge on any atom is 0.236 e. The summed E-state index contributed by atoms with van der Waals surface area (Å²) in [4.78, 5) is 10.4. The number of aryl methyl sites for hydroxylation is 1. The van der Waals surface area contributed by atoms with Crippen LogP contribution in [0.25, 0.3) is 0 Å². The Bertz CT molecular complexity index is 329. The van der Waals surface area contributed by atoms with Crippen LogP contribution in [0.5, 0.6) is 5.75 Å². The molecule has 1 aromatic carbocycles. The molecule has 0 bridgehead atoms. The number of amides is 1. The van der Waals surface area contributed by atoms with E-state index in [1.807, 2.05) is 13.0 Å². The molecular formula is C9H13ClN2O2. The lowest BCUT2D eigenvalue weighted by atomic mass is 10.2. The van der Waals surface area contributed by atoms with E-state index in [1.54, 1.807) is 12.1 Å². The molecule has 0 aliphatic rings. The Morgan fingerprint density at radius 2 is 2.21 bits per heavy atom. The van der Waals surface area contributed by atoms with Crippen LogP contribution in [0.2, 0.25) is 0 Å². The predicted octanol–water partition coefficient (Wildman–Crippen LogP) is 1.02. The molecule has 0 aliphatic heterocycles. The van der Waals surface area contributed by atoms with E-state index in [0.717, 1.165) is 5.56 Å². The Morgan fingerprint density at radius 1 is 1.57 bits per heavy atom. The van der Waals surface area contributed by atoms with Gasteiger partial charge in [0.15, 0.2) is 0 Å². The Hall–Kier alpha value is -1.42. The van der Waals surface area contributed by atoms with E-state index < -0.39 is 5.91 Å². The van der Waals surface area contributed by atoms with Crippen molar-refractivity contribution in [3.05, 3.63) is 23.8 Å². The Labute approximate surface area is 88.5 Å². The number of carbonyl (C=O) groups excluding carboxylic acids is 1. The first-order valence-corrected chi connectivity index (χ1v) is 3.91. The molecule has 0 aliphatic carbocycles. The average Bonchev–Trinajstić information content (AvgIpc) is 2.02. The van der Waals surface area contributed by atoms with Gasteiger partial charge >= 0.3 is 0 Å². The molecule has 0 radical (unpaired) electrons. The van der Waals surface area contributed by atoms with Gasteiger partial charge in [-0.15, -0.1) is 12.4 Å². The highest BCUT2D eigenvalue weighted by molar-refractivity contribution is 5.85. The third-order valence-electron chi connectivity index (χ3n) is 1.61. The number of nitrogens with two attached hydrogens (primary N) is 1. The maximum atomic E-state index is 10.4. The molecule has 0 unspecified atom stereocenters. The molecule has 1 rings (SSSR count). The van der Waals surface area contributed by atoms with Crippen molar-refractivity contribution < 1.29 is 9.90 Å². The number of primary amides is 1. The second-order valence-electron chi connectivity index (χ2n) is 2.84. The summed E-state index contributed by atoms with van der Waals surface area (Å²) in [6.07, 6.45) is 0. The molecule has 78 valence electrons. The number of hydrogen-bond acceptors (Lipinski definition) is 3. The maximum absolute atomic E-state index is 10.4. The van der Waals surface area contributed by atoms with Crippen LogP contribution in [-0.4, -0.2) is 17.6 Å². The number of phenols is 1. The minimum Gasteiger partial charge on any atom is -0.506 e. The van der Waals surface area contributed by atoms with Crippen LogP contribution < -0.4 is 11.1 Å². The highest BCUT2D eigenvalue weighted by Gasteiger charge is 2.00. The van der Waals surface area contributed by atoms with E-state index in [0.29, 0.717) is 5.69 Å². The van der Waals surface area contributed by atoms with E-state index in [4.69, 9.17) is 5.73 Å². The van der Waals surface area contributed by atoms with Gasteiger partial charge in [0.05, 0.1) is 12.2 Å². The molecule has 1 aromatic rings. The molecule has 4 N–H and O–H groups in total. The molecule has 0 spiro atoms. The minimum atomic E-state index is -0.458. The summed E-state index contributed by atoms with van der Waals surface area (Å²) < 4.78 is 0. The number of aromatic hydroxyl groups is 1. The lowest BCUT2D eigenvalue weighted by Gasteiger charge is -2.06. The highest BCUT2D eigenvalue weighted by Crippen LogP contribution is 2.23. The SMILES string of the molecule is Cc1ccc(NCC(N)=O)c(O)c1.Cl. The van der Waals surface area contributed by atoms with Crippen molar-refractivity contribution in [1.29, 1.82) is 0 Å². The first kappa shape index (κ1) is 12.6. The molecular weight excluding hydrogens is 204 g/mol. The summed E-state index contributed by atoms with van der Waals surface area (Å²) in [7, 11) is 0. The number of rotatable bonds is 3. The lowest BCUT2D eigenvalue weighted by Crippen LogP contribution is -2.21. The van der Waals surface area contributed by atoms with Crippen molar-refractivity contribution in [2.24, 2.45) is 5.73 Å². The van der Waals surface area contributed by atoms with Gasteiger partial charge in [0, 0.05) is 0 Å². The van der Waals surface area contributed by atoms with Gasteiger partial charge in [0.25, 0.3) is 0 Å². The first-order chi connectivity index (χ1) is 6.09. The summed E-state index contributed by atoms with van der Waals surface area (Å²) in [5.74, 6) is -0.332. The summed E-state index contributed by atoms with van der Waals surface area (Å²) >= 11 is 0. The van der Waals surface area contributed by atoms with Crippen molar-refractivity contribution in [3.8, 4) is 5.75 Å². The van der Waals surface area contributed by atoms with E-state index >= 15 is 0 Å². The molecule has 14 heavy (non-hydrogen) atoms. The van der Waals surface area contributed by atoms with Crippen molar-refractivity contribution in [2.75, 3.05) is 11.9 Å². The van der Waals surface area contributed by atoms with E-state index in [1.165, 1.54) is 0 Å². The predicted molar refractivity (Wildman–Crippen MR) is 57.8 cm³/mol. The van der Waals surface area contributed by atoms with Crippen LogP contribution >= 0.6 is 12.4 Å². The molecule has 0 heterocycles. The largest absolute Gasteiger partial charge is 0.506 e. The summed E-state index contributed by atoms with van der Waals surface area (Å²) in [6, 6.07) is 5.15.